The topological polar surface area (TPSA) is 72.2 Å². The molecule has 7 heteroatoms. The molecule has 4 nitrogen and oxygen atoms in total. The highest BCUT2D eigenvalue weighted by atomic mass is 79.9. The van der Waals surface area contributed by atoms with E-state index < -0.39 is 10.0 Å². The van der Waals surface area contributed by atoms with Crippen LogP contribution in [0.2, 0.25) is 0 Å². The van der Waals surface area contributed by atoms with Crippen molar-refractivity contribution in [3.05, 3.63) is 45.1 Å². The summed E-state index contributed by atoms with van der Waals surface area (Å²) in [7, 11) is -3.58. The molecule has 0 radical (unpaired) electrons. The standard InChI is InChI=1S/C14H17BrN2O2S2/c1-14(2,13-4-3-7-20-13)9-17-21(18,19)12-6-5-10(16)8-11(12)15/h3-8,17H,9,16H2,1-2H3. The number of rotatable bonds is 5. The molecule has 0 aliphatic carbocycles. The van der Waals surface area contributed by atoms with Gasteiger partial charge in [0.1, 0.15) is 0 Å². The lowest BCUT2D eigenvalue weighted by Crippen LogP contribution is -2.36. The van der Waals surface area contributed by atoms with Crippen LogP contribution < -0.4 is 10.5 Å². The van der Waals surface area contributed by atoms with Gasteiger partial charge in [0.25, 0.3) is 0 Å². The summed E-state index contributed by atoms with van der Waals surface area (Å²) >= 11 is 4.87. The van der Waals surface area contributed by atoms with Gasteiger partial charge in [0, 0.05) is 27.0 Å². The lowest BCUT2D eigenvalue weighted by Gasteiger charge is -2.23. The van der Waals surface area contributed by atoms with E-state index in [9.17, 15) is 8.42 Å². The first kappa shape index (κ1) is 16.5. The van der Waals surface area contributed by atoms with Crippen molar-refractivity contribution in [1.82, 2.24) is 4.72 Å². The summed E-state index contributed by atoms with van der Waals surface area (Å²) < 4.78 is 27.9. The van der Waals surface area contributed by atoms with Crippen LogP contribution in [0, 0.1) is 0 Å². The van der Waals surface area contributed by atoms with Crippen molar-refractivity contribution in [3.63, 3.8) is 0 Å². The maximum Gasteiger partial charge on any atom is 0.241 e. The van der Waals surface area contributed by atoms with Crippen LogP contribution in [0.3, 0.4) is 0 Å². The highest BCUT2D eigenvalue weighted by Crippen LogP contribution is 2.28. The number of nitrogens with two attached hydrogens (primary N) is 1. The van der Waals surface area contributed by atoms with Crippen molar-refractivity contribution >= 4 is 43.0 Å². The van der Waals surface area contributed by atoms with Gasteiger partial charge in [0.05, 0.1) is 4.90 Å². The fourth-order valence-corrected chi connectivity index (χ4v) is 5.00. The van der Waals surface area contributed by atoms with Crippen molar-refractivity contribution in [2.24, 2.45) is 0 Å². The third-order valence-electron chi connectivity index (χ3n) is 3.14. The van der Waals surface area contributed by atoms with Gasteiger partial charge in [-0.05, 0) is 45.6 Å². The Labute approximate surface area is 137 Å². The minimum Gasteiger partial charge on any atom is -0.399 e. The first-order valence-corrected chi connectivity index (χ1v) is 9.47. The van der Waals surface area contributed by atoms with Gasteiger partial charge in [0.2, 0.25) is 10.0 Å². The Bertz CT molecular complexity index is 725. The van der Waals surface area contributed by atoms with E-state index in [1.54, 1.807) is 23.5 Å². The number of anilines is 1. The quantitative estimate of drug-likeness (QED) is 0.771. The molecule has 2 aromatic rings. The summed E-state index contributed by atoms with van der Waals surface area (Å²) in [6.45, 7) is 4.35. The average Bonchev–Trinajstić information content (AvgIpc) is 2.91. The largest absolute Gasteiger partial charge is 0.399 e. The monoisotopic (exact) mass is 388 g/mol. The van der Waals surface area contributed by atoms with E-state index >= 15 is 0 Å². The zero-order chi connectivity index (χ0) is 15.7. The van der Waals surface area contributed by atoms with Gasteiger partial charge in [-0.3, -0.25) is 0 Å². The molecule has 0 fully saturated rings. The van der Waals surface area contributed by atoms with Crippen LogP contribution in [0.4, 0.5) is 5.69 Å². The van der Waals surface area contributed by atoms with E-state index in [-0.39, 0.29) is 10.3 Å². The van der Waals surface area contributed by atoms with E-state index in [1.807, 2.05) is 31.4 Å². The summed E-state index contributed by atoms with van der Waals surface area (Å²) in [6.07, 6.45) is 0. The van der Waals surface area contributed by atoms with E-state index in [0.717, 1.165) is 4.88 Å². The molecule has 3 N–H and O–H groups in total. The molecule has 2 rings (SSSR count). The highest BCUT2D eigenvalue weighted by molar-refractivity contribution is 9.10. The van der Waals surface area contributed by atoms with Crippen molar-refractivity contribution in [2.75, 3.05) is 12.3 Å². The smallest absolute Gasteiger partial charge is 0.241 e. The predicted octanol–water partition coefficient (Wildman–Crippen LogP) is 3.35. The number of halogens is 1. The van der Waals surface area contributed by atoms with Crippen LogP contribution in [0.5, 0.6) is 0 Å². The molecule has 0 unspecified atom stereocenters. The van der Waals surface area contributed by atoms with E-state index in [4.69, 9.17) is 5.73 Å². The van der Waals surface area contributed by atoms with Crippen molar-refractivity contribution in [1.29, 1.82) is 0 Å². The Morgan fingerprint density at radius 3 is 2.62 bits per heavy atom. The normalized spacial score (nSPS) is 12.5. The molecule has 0 aliphatic rings. The van der Waals surface area contributed by atoms with Crippen LogP contribution in [0.25, 0.3) is 0 Å². The number of sulfonamides is 1. The number of hydrogen-bond acceptors (Lipinski definition) is 4. The zero-order valence-corrected chi connectivity index (χ0v) is 15.0. The van der Waals surface area contributed by atoms with Crippen molar-refractivity contribution < 1.29 is 8.42 Å². The molecule has 0 saturated heterocycles. The summed E-state index contributed by atoms with van der Waals surface area (Å²) in [5, 5.41) is 1.99. The number of benzene rings is 1. The molecule has 0 saturated carbocycles. The van der Waals surface area contributed by atoms with Crippen molar-refractivity contribution in [2.45, 2.75) is 24.2 Å². The Balaban J connectivity index is 2.19. The SMILES string of the molecule is CC(C)(CNS(=O)(=O)c1ccc(N)cc1Br)c1cccs1. The molecule has 0 spiro atoms. The molecular formula is C14H17BrN2O2S2. The maximum absolute atomic E-state index is 12.4. The van der Waals surface area contributed by atoms with Gasteiger partial charge >= 0.3 is 0 Å². The van der Waals surface area contributed by atoms with E-state index in [1.165, 1.54) is 6.07 Å². The minimum absolute atomic E-state index is 0.193. The summed E-state index contributed by atoms with van der Waals surface area (Å²) in [4.78, 5) is 1.33. The van der Waals surface area contributed by atoms with Gasteiger partial charge in [-0.25, -0.2) is 13.1 Å². The number of nitrogen functional groups attached to an aromatic ring is 1. The predicted molar refractivity (Wildman–Crippen MR) is 91.1 cm³/mol. The minimum atomic E-state index is -3.58. The van der Waals surface area contributed by atoms with Gasteiger partial charge in [0.15, 0.2) is 0 Å². The Morgan fingerprint density at radius 1 is 1.33 bits per heavy atom. The van der Waals surface area contributed by atoms with Crippen molar-refractivity contribution in [3.8, 4) is 0 Å². The second kappa shape index (κ2) is 6.08. The van der Waals surface area contributed by atoms with Gasteiger partial charge < -0.3 is 5.73 Å². The molecule has 0 bridgehead atoms. The number of hydrogen-bond donors (Lipinski definition) is 2. The molecular weight excluding hydrogens is 372 g/mol. The fraction of sp³-hybridized carbons (Fsp3) is 0.286. The Kier molecular flexibility index (Phi) is 4.77. The Hall–Kier alpha value is -0.890. The van der Waals surface area contributed by atoms with E-state index in [0.29, 0.717) is 16.7 Å². The zero-order valence-electron chi connectivity index (χ0n) is 11.8. The third kappa shape index (κ3) is 3.85. The molecule has 0 atom stereocenters. The summed E-state index contributed by atoms with van der Waals surface area (Å²) in [5.74, 6) is 0. The lowest BCUT2D eigenvalue weighted by molar-refractivity contribution is 0.509. The molecule has 1 aromatic heterocycles. The molecule has 1 aromatic carbocycles. The Morgan fingerprint density at radius 2 is 2.05 bits per heavy atom. The van der Waals surface area contributed by atoms with Crippen LogP contribution >= 0.6 is 27.3 Å². The lowest BCUT2D eigenvalue weighted by atomic mass is 9.92. The first-order valence-electron chi connectivity index (χ1n) is 6.31. The summed E-state index contributed by atoms with van der Waals surface area (Å²) in [5.41, 5.74) is 5.89. The van der Waals surface area contributed by atoms with Crippen LogP contribution in [-0.4, -0.2) is 15.0 Å². The second-order valence-corrected chi connectivity index (χ2v) is 8.91. The molecule has 0 amide bonds. The van der Waals surface area contributed by atoms with Crippen LogP contribution in [0.1, 0.15) is 18.7 Å². The number of nitrogens with one attached hydrogen (secondary N) is 1. The van der Waals surface area contributed by atoms with Gasteiger partial charge in [-0.1, -0.05) is 19.9 Å². The van der Waals surface area contributed by atoms with Gasteiger partial charge in [-0.15, -0.1) is 11.3 Å². The number of thiophene rings is 1. The fourth-order valence-electron chi connectivity index (χ4n) is 1.84. The second-order valence-electron chi connectivity index (χ2n) is 5.38. The molecule has 1 heterocycles. The molecule has 0 aliphatic heterocycles. The summed E-state index contributed by atoms with van der Waals surface area (Å²) in [6, 6.07) is 8.63. The van der Waals surface area contributed by atoms with Gasteiger partial charge in [-0.2, -0.15) is 0 Å². The highest BCUT2D eigenvalue weighted by Gasteiger charge is 2.26. The van der Waals surface area contributed by atoms with Crippen LogP contribution in [0.15, 0.2) is 45.1 Å². The first-order chi connectivity index (χ1) is 9.72. The molecule has 114 valence electrons. The van der Waals surface area contributed by atoms with E-state index in [2.05, 4.69) is 20.7 Å². The average molecular weight is 389 g/mol. The maximum atomic E-state index is 12.4. The molecule has 21 heavy (non-hydrogen) atoms. The van der Waals surface area contributed by atoms with Crippen LogP contribution in [-0.2, 0) is 15.4 Å². The third-order valence-corrected chi connectivity index (χ3v) is 6.75.